The molecule has 0 amide bonds. The maximum Gasteiger partial charge on any atom is 0.161 e. The Hall–Kier alpha value is -0.490. The van der Waals surface area contributed by atoms with E-state index in [1.54, 1.807) is 7.11 Å². The molecule has 0 fully saturated rings. The molecule has 3 nitrogen and oxygen atoms in total. The zero-order valence-electron chi connectivity index (χ0n) is 9.05. The van der Waals surface area contributed by atoms with Crippen LogP contribution in [0.3, 0.4) is 0 Å². The standard InChI is InChI=1S/C11H16INO2/c1-3-15-11-6-8(4-5-13)9(12)7-10(11)14-2/h6-7H,3-5,13H2,1-2H3. The Bertz CT molecular complexity index is 329. The van der Waals surface area contributed by atoms with Crippen molar-refractivity contribution in [2.75, 3.05) is 20.3 Å². The molecule has 2 N–H and O–H groups in total. The van der Waals surface area contributed by atoms with Gasteiger partial charge in [0.25, 0.3) is 0 Å². The monoisotopic (exact) mass is 321 g/mol. The number of halogens is 1. The second kappa shape index (κ2) is 6.17. The molecule has 0 spiro atoms. The zero-order chi connectivity index (χ0) is 11.3. The van der Waals surface area contributed by atoms with Crippen LogP contribution in [-0.4, -0.2) is 20.3 Å². The van der Waals surface area contributed by atoms with E-state index in [0.29, 0.717) is 13.2 Å². The third-order valence-electron chi connectivity index (χ3n) is 2.05. The van der Waals surface area contributed by atoms with Gasteiger partial charge in [-0.05, 0) is 60.2 Å². The number of nitrogens with two attached hydrogens (primary N) is 1. The summed E-state index contributed by atoms with van der Waals surface area (Å²) in [6, 6.07) is 3.99. The van der Waals surface area contributed by atoms with Gasteiger partial charge in [0.15, 0.2) is 11.5 Å². The SMILES string of the molecule is CCOc1cc(CCN)c(I)cc1OC. The van der Waals surface area contributed by atoms with Gasteiger partial charge in [-0.3, -0.25) is 0 Å². The normalized spacial score (nSPS) is 10.1. The van der Waals surface area contributed by atoms with Crippen LogP contribution in [0.4, 0.5) is 0 Å². The lowest BCUT2D eigenvalue weighted by Gasteiger charge is -2.12. The van der Waals surface area contributed by atoms with Crippen LogP contribution in [0.25, 0.3) is 0 Å². The molecule has 84 valence electrons. The molecule has 0 aliphatic rings. The molecule has 0 radical (unpaired) electrons. The van der Waals surface area contributed by atoms with Crippen LogP contribution in [0.15, 0.2) is 12.1 Å². The Labute approximate surface area is 104 Å². The maximum atomic E-state index is 5.55. The summed E-state index contributed by atoms with van der Waals surface area (Å²) in [5.74, 6) is 1.57. The molecule has 1 aromatic rings. The first-order chi connectivity index (χ1) is 7.22. The summed E-state index contributed by atoms with van der Waals surface area (Å²) < 4.78 is 11.9. The molecule has 1 aromatic carbocycles. The van der Waals surface area contributed by atoms with E-state index in [4.69, 9.17) is 15.2 Å². The number of methoxy groups -OCH3 is 1. The van der Waals surface area contributed by atoms with E-state index in [1.807, 2.05) is 19.1 Å². The second-order valence-electron chi connectivity index (χ2n) is 3.07. The fraction of sp³-hybridized carbons (Fsp3) is 0.455. The molecule has 0 unspecified atom stereocenters. The fourth-order valence-corrected chi connectivity index (χ4v) is 2.06. The number of benzene rings is 1. The van der Waals surface area contributed by atoms with Crippen LogP contribution in [0.5, 0.6) is 11.5 Å². The average molecular weight is 321 g/mol. The van der Waals surface area contributed by atoms with Crippen LogP contribution in [-0.2, 0) is 6.42 Å². The minimum Gasteiger partial charge on any atom is -0.493 e. The average Bonchev–Trinajstić information content (AvgIpc) is 2.23. The van der Waals surface area contributed by atoms with Crippen molar-refractivity contribution in [1.82, 2.24) is 0 Å². The lowest BCUT2D eigenvalue weighted by Crippen LogP contribution is -2.05. The lowest BCUT2D eigenvalue weighted by molar-refractivity contribution is 0.310. The molecule has 0 atom stereocenters. The summed E-state index contributed by atoms with van der Waals surface area (Å²) in [6.07, 6.45) is 0.863. The van der Waals surface area contributed by atoms with Gasteiger partial charge < -0.3 is 15.2 Å². The molecule has 0 saturated heterocycles. The van der Waals surface area contributed by atoms with Crippen molar-refractivity contribution in [2.24, 2.45) is 5.73 Å². The minimum atomic E-state index is 0.638. The predicted molar refractivity (Wildman–Crippen MR) is 69.6 cm³/mol. The van der Waals surface area contributed by atoms with Crippen LogP contribution in [0.2, 0.25) is 0 Å². The second-order valence-corrected chi connectivity index (χ2v) is 4.23. The van der Waals surface area contributed by atoms with Gasteiger partial charge in [0, 0.05) is 3.57 Å². The first-order valence-electron chi connectivity index (χ1n) is 4.92. The summed E-state index contributed by atoms with van der Waals surface area (Å²) in [4.78, 5) is 0. The van der Waals surface area contributed by atoms with Crippen LogP contribution in [0, 0.1) is 3.57 Å². The van der Waals surface area contributed by atoms with Crippen molar-refractivity contribution in [1.29, 1.82) is 0 Å². The summed E-state index contributed by atoms with van der Waals surface area (Å²) >= 11 is 2.29. The summed E-state index contributed by atoms with van der Waals surface area (Å²) in [6.45, 7) is 3.24. The molecule has 0 aliphatic heterocycles. The van der Waals surface area contributed by atoms with Crippen molar-refractivity contribution in [2.45, 2.75) is 13.3 Å². The van der Waals surface area contributed by atoms with Gasteiger partial charge in [-0.1, -0.05) is 0 Å². The highest BCUT2D eigenvalue weighted by molar-refractivity contribution is 14.1. The van der Waals surface area contributed by atoms with E-state index in [2.05, 4.69) is 22.6 Å². The Morgan fingerprint density at radius 3 is 2.60 bits per heavy atom. The topological polar surface area (TPSA) is 44.5 Å². The molecule has 0 bridgehead atoms. The van der Waals surface area contributed by atoms with Gasteiger partial charge in [0.1, 0.15) is 0 Å². The molecule has 15 heavy (non-hydrogen) atoms. The molecular weight excluding hydrogens is 305 g/mol. The first kappa shape index (κ1) is 12.6. The van der Waals surface area contributed by atoms with Crippen LogP contribution >= 0.6 is 22.6 Å². The molecule has 0 aliphatic carbocycles. The highest BCUT2D eigenvalue weighted by atomic mass is 127. The van der Waals surface area contributed by atoms with E-state index in [9.17, 15) is 0 Å². The van der Waals surface area contributed by atoms with Crippen LogP contribution < -0.4 is 15.2 Å². The number of ether oxygens (including phenoxy) is 2. The summed E-state index contributed by atoms with van der Waals surface area (Å²) in [5, 5.41) is 0. The van der Waals surface area contributed by atoms with Gasteiger partial charge in [-0.2, -0.15) is 0 Å². The van der Waals surface area contributed by atoms with Crippen molar-refractivity contribution in [3.63, 3.8) is 0 Å². The van der Waals surface area contributed by atoms with E-state index in [-0.39, 0.29) is 0 Å². The third-order valence-corrected chi connectivity index (χ3v) is 3.05. The Morgan fingerprint density at radius 2 is 2.07 bits per heavy atom. The highest BCUT2D eigenvalue weighted by Crippen LogP contribution is 2.31. The van der Waals surface area contributed by atoms with Gasteiger partial charge >= 0.3 is 0 Å². The number of rotatable bonds is 5. The number of hydrogen-bond donors (Lipinski definition) is 1. The molecule has 0 heterocycles. The van der Waals surface area contributed by atoms with Gasteiger partial charge in [-0.25, -0.2) is 0 Å². The molecular formula is C11H16INO2. The highest BCUT2D eigenvalue weighted by Gasteiger charge is 2.09. The first-order valence-corrected chi connectivity index (χ1v) is 6.00. The molecule has 0 aromatic heterocycles. The van der Waals surface area contributed by atoms with Gasteiger partial charge in [-0.15, -0.1) is 0 Å². The van der Waals surface area contributed by atoms with Crippen molar-refractivity contribution >= 4 is 22.6 Å². The van der Waals surface area contributed by atoms with Crippen LogP contribution in [0.1, 0.15) is 12.5 Å². The lowest BCUT2D eigenvalue weighted by atomic mass is 10.1. The van der Waals surface area contributed by atoms with E-state index in [1.165, 1.54) is 9.13 Å². The van der Waals surface area contributed by atoms with Gasteiger partial charge in [0.2, 0.25) is 0 Å². The summed E-state index contributed by atoms with van der Waals surface area (Å²) in [5.41, 5.74) is 6.76. The number of hydrogen-bond acceptors (Lipinski definition) is 3. The minimum absolute atomic E-state index is 0.638. The van der Waals surface area contributed by atoms with E-state index in [0.717, 1.165) is 17.9 Å². The fourth-order valence-electron chi connectivity index (χ4n) is 1.35. The van der Waals surface area contributed by atoms with E-state index < -0.39 is 0 Å². The summed E-state index contributed by atoms with van der Waals surface area (Å²) in [7, 11) is 1.65. The Morgan fingerprint density at radius 1 is 1.33 bits per heavy atom. The van der Waals surface area contributed by atoms with Gasteiger partial charge in [0.05, 0.1) is 13.7 Å². The largest absolute Gasteiger partial charge is 0.493 e. The smallest absolute Gasteiger partial charge is 0.161 e. The molecule has 0 saturated carbocycles. The Kier molecular flexibility index (Phi) is 5.17. The predicted octanol–water partition coefficient (Wildman–Crippen LogP) is 2.20. The van der Waals surface area contributed by atoms with Crippen molar-refractivity contribution in [3.05, 3.63) is 21.3 Å². The van der Waals surface area contributed by atoms with Crippen molar-refractivity contribution < 1.29 is 9.47 Å². The molecule has 4 heteroatoms. The maximum absolute atomic E-state index is 5.55. The molecule has 1 rings (SSSR count). The van der Waals surface area contributed by atoms with E-state index >= 15 is 0 Å². The zero-order valence-corrected chi connectivity index (χ0v) is 11.2. The Balaban J connectivity index is 3.05. The third kappa shape index (κ3) is 3.24. The van der Waals surface area contributed by atoms with Crippen molar-refractivity contribution in [3.8, 4) is 11.5 Å². The quantitative estimate of drug-likeness (QED) is 0.846.